The zero-order chi connectivity index (χ0) is 14.7. The van der Waals surface area contributed by atoms with Crippen LogP contribution in [0.2, 0.25) is 0 Å². The van der Waals surface area contributed by atoms with Crippen LogP contribution in [-0.4, -0.2) is 31.8 Å². The maximum Gasteiger partial charge on any atom is 0.265 e. The van der Waals surface area contributed by atoms with E-state index in [-0.39, 0.29) is 11.9 Å². The molecular weight excluding hydrogens is 256 g/mol. The van der Waals surface area contributed by atoms with E-state index >= 15 is 0 Å². The molecule has 2 rings (SSSR count). The Kier molecular flexibility index (Phi) is 4.49. The Morgan fingerprint density at radius 1 is 1.45 bits per heavy atom. The average molecular weight is 278 g/mol. The minimum absolute atomic E-state index is 0.119. The van der Waals surface area contributed by atoms with Crippen LogP contribution in [0.25, 0.3) is 0 Å². The molecule has 0 bridgehead atoms. The fourth-order valence-electron chi connectivity index (χ4n) is 2.09. The van der Waals surface area contributed by atoms with Gasteiger partial charge in [0.2, 0.25) is 0 Å². The van der Waals surface area contributed by atoms with Crippen LogP contribution in [0.15, 0.2) is 18.2 Å². The monoisotopic (exact) mass is 278 g/mol. The first-order chi connectivity index (χ1) is 9.51. The maximum atomic E-state index is 11.6. The second-order valence-electron chi connectivity index (χ2n) is 5.41. The standard InChI is InChI=1S/C15H22N2O3/c1-9(2)13(8-19-4)16-11-5-6-14-12(7-11)17-15(18)10(3)20-14/h5-7,9-10,13,16H,8H2,1-4H3,(H,17,18). The molecule has 0 aromatic heterocycles. The van der Waals surface area contributed by atoms with Crippen molar-refractivity contribution in [3.63, 3.8) is 0 Å². The minimum Gasteiger partial charge on any atom is -0.479 e. The van der Waals surface area contributed by atoms with Crippen LogP contribution >= 0.6 is 0 Å². The molecule has 0 aliphatic carbocycles. The highest BCUT2D eigenvalue weighted by molar-refractivity contribution is 5.98. The number of fused-ring (bicyclic) bond motifs is 1. The van der Waals surface area contributed by atoms with E-state index in [2.05, 4.69) is 24.5 Å². The molecule has 1 aromatic rings. The third-order valence-electron chi connectivity index (χ3n) is 3.41. The van der Waals surface area contributed by atoms with E-state index in [0.717, 1.165) is 5.69 Å². The van der Waals surface area contributed by atoms with Crippen molar-refractivity contribution in [2.75, 3.05) is 24.4 Å². The van der Waals surface area contributed by atoms with Gasteiger partial charge in [0.1, 0.15) is 5.75 Å². The average Bonchev–Trinajstić information content (AvgIpc) is 2.39. The third-order valence-corrected chi connectivity index (χ3v) is 3.41. The van der Waals surface area contributed by atoms with E-state index in [4.69, 9.17) is 9.47 Å². The summed E-state index contributed by atoms with van der Waals surface area (Å²) >= 11 is 0. The largest absolute Gasteiger partial charge is 0.479 e. The number of ether oxygens (including phenoxy) is 2. The first kappa shape index (κ1) is 14.7. The molecular formula is C15H22N2O3. The lowest BCUT2D eigenvalue weighted by Crippen LogP contribution is -2.34. The zero-order valence-electron chi connectivity index (χ0n) is 12.4. The van der Waals surface area contributed by atoms with E-state index in [9.17, 15) is 4.79 Å². The molecule has 2 atom stereocenters. The smallest absolute Gasteiger partial charge is 0.265 e. The number of benzene rings is 1. The van der Waals surface area contributed by atoms with Gasteiger partial charge in [-0.3, -0.25) is 4.79 Å². The molecule has 1 aromatic carbocycles. The number of methoxy groups -OCH3 is 1. The van der Waals surface area contributed by atoms with Gasteiger partial charge in [0.15, 0.2) is 6.10 Å². The first-order valence-electron chi connectivity index (χ1n) is 6.88. The number of hydrogen-bond donors (Lipinski definition) is 2. The van der Waals surface area contributed by atoms with Crippen LogP contribution in [0.1, 0.15) is 20.8 Å². The van der Waals surface area contributed by atoms with Gasteiger partial charge in [0.05, 0.1) is 18.3 Å². The molecule has 0 radical (unpaired) electrons. The summed E-state index contributed by atoms with van der Waals surface area (Å²) in [4.78, 5) is 11.6. The zero-order valence-corrected chi connectivity index (χ0v) is 12.4. The van der Waals surface area contributed by atoms with Crippen LogP contribution in [0.4, 0.5) is 11.4 Å². The van der Waals surface area contributed by atoms with Crippen LogP contribution in [0.3, 0.4) is 0 Å². The molecule has 1 heterocycles. The minimum atomic E-state index is -0.446. The maximum absolute atomic E-state index is 11.6. The molecule has 110 valence electrons. The highest BCUT2D eigenvalue weighted by Crippen LogP contribution is 2.32. The molecule has 1 aliphatic rings. The molecule has 5 nitrogen and oxygen atoms in total. The summed E-state index contributed by atoms with van der Waals surface area (Å²) in [5.41, 5.74) is 1.65. The van der Waals surface area contributed by atoms with Crippen LogP contribution < -0.4 is 15.4 Å². The van der Waals surface area contributed by atoms with Gasteiger partial charge in [-0.15, -0.1) is 0 Å². The second kappa shape index (κ2) is 6.13. The molecule has 20 heavy (non-hydrogen) atoms. The van der Waals surface area contributed by atoms with Crippen molar-refractivity contribution in [2.45, 2.75) is 32.9 Å². The summed E-state index contributed by atoms with van der Waals surface area (Å²) in [6, 6.07) is 5.94. The van der Waals surface area contributed by atoms with Crippen molar-refractivity contribution in [1.29, 1.82) is 0 Å². The predicted molar refractivity (Wildman–Crippen MR) is 79.3 cm³/mol. The molecule has 1 aliphatic heterocycles. The van der Waals surface area contributed by atoms with Gasteiger partial charge >= 0.3 is 0 Å². The van der Waals surface area contributed by atoms with Crippen molar-refractivity contribution in [1.82, 2.24) is 0 Å². The van der Waals surface area contributed by atoms with Crippen molar-refractivity contribution in [2.24, 2.45) is 5.92 Å². The number of carbonyl (C=O) groups excluding carboxylic acids is 1. The molecule has 0 spiro atoms. The van der Waals surface area contributed by atoms with Gasteiger partial charge in [-0.2, -0.15) is 0 Å². The van der Waals surface area contributed by atoms with Crippen LogP contribution in [0, 0.1) is 5.92 Å². The van der Waals surface area contributed by atoms with Gasteiger partial charge in [0.25, 0.3) is 5.91 Å². The normalized spacial score (nSPS) is 19.1. The van der Waals surface area contributed by atoms with Crippen molar-refractivity contribution < 1.29 is 14.3 Å². The molecule has 0 fully saturated rings. The second-order valence-corrected chi connectivity index (χ2v) is 5.41. The third kappa shape index (κ3) is 3.22. The molecule has 2 N–H and O–H groups in total. The summed E-state index contributed by atoms with van der Waals surface area (Å²) in [5.74, 6) is 1.03. The topological polar surface area (TPSA) is 59.6 Å². The van der Waals surface area contributed by atoms with Gasteiger partial charge in [0, 0.05) is 12.8 Å². The summed E-state index contributed by atoms with van der Waals surface area (Å²) in [5, 5.41) is 6.27. The number of amides is 1. The van der Waals surface area contributed by atoms with Crippen molar-refractivity contribution >= 4 is 17.3 Å². The van der Waals surface area contributed by atoms with Crippen LogP contribution in [-0.2, 0) is 9.53 Å². The Bertz CT molecular complexity index is 488. The van der Waals surface area contributed by atoms with Crippen LogP contribution in [0.5, 0.6) is 5.75 Å². The quantitative estimate of drug-likeness (QED) is 0.868. The Morgan fingerprint density at radius 2 is 2.20 bits per heavy atom. The number of hydrogen-bond acceptors (Lipinski definition) is 4. The van der Waals surface area contributed by atoms with Gasteiger partial charge in [-0.1, -0.05) is 13.8 Å². The molecule has 2 unspecified atom stereocenters. The van der Waals surface area contributed by atoms with E-state index < -0.39 is 6.10 Å². The fourth-order valence-corrected chi connectivity index (χ4v) is 2.09. The van der Waals surface area contributed by atoms with Crippen molar-refractivity contribution in [3.05, 3.63) is 18.2 Å². The van der Waals surface area contributed by atoms with E-state index in [0.29, 0.717) is 24.0 Å². The highest BCUT2D eigenvalue weighted by atomic mass is 16.5. The fraction of sp³-hybridized carbons (Fsp3) is 0.533. The van der Waals surface area contributed by atoms with E-state index in [1.165, 1.54) is 0 Å². The number of nitrogens with one attached hydrogen (secondary N) is 2. The van der Waals surface area contributed by atoms with E-state index in [1.807, 2.05) is 18.2 Å². The lowest BCUT2D eigenvalue weighted by Gasteiger charge is -2.26. The SMILES string of the molecule is COCC(Nc1ccc2c(c1)NC(=O)C(C)O2)C(C)C. The number of rotatable bonds is 5. The van der Waals surface area contributed by atoms with E-state index in [1.54, 1.807) is 14.0 Å². The summed E-state index contributed by atoms with van der Waals surface area (Å²) in [7, 11) is 1.69. The number of carbonyl (C=O) groups is 1. The molecule has 0 saturated heterocycles. The Morgan fingerprint density at radius 3 is 2.85 bits per heavy atom. The first-order valence-corrected chi connectivity index (χ1v) is 6.88. The lowest BCUT2D eigenvalue weighted by atomic mass is 10.0. The number of anilines is 2. The summed E-state index contributed by atoms with van der Waals surface area (Å²) in [6.45, 7) is 6.65. The summed E-state index contributed by atoms with van der Waals surface area (Å²) < 4.78 is 10.8. The molecule has 0 saturated carbocycles. The predicted octanol–water partition coefficient (Wildman–Crippen LogP) is 2.49. The Hall–Kier alpha value is -1.75. The molecule has 5 heteroatoms. The van der Waals surface area contributed by atoms with Gasteiger partial charge in [-0.25, -0.2) is 0 Å². The Balaban J connectivity index is 2.15. The summed E-state index contributed by atoms with van der Waals surface area (Å²) in [6.07, 6.45) is -0.446. The molecule has 1 amide bonds. The van der Waals surface area contributed by atoms with Crippen molar-refractivity contribution in [3.8, 4) is 5.75 Å². The Labute approximate surface area is 119 Å². The lowest BCUT2D eigenvalue weighted by molar-refractivity contribution is -0.122. The van der Waals surface area contributed by atoms with Gasteiger partial charge < -0.3 is 20.1 Å². The highest BCUT2D eigenvalue weighted by Gasteiger charge is 2.24. The van der Waals surface area contributed by atoms with Gasteiger partial charge in [-0.05, 0) is 31.0 Å².